The molecule has 0 spiro atoms. The van der Waals surface area contributed by atoms with Crippen molar-refractivity contribution in [1.82, 2.24) is 0 Å². The summed E-state index contributed by atoms with van der Waals surface area (Å²) in [6.07, 6.45) is 1.37. The summed E-state index contributed by atoms with van der Waals surface area (Å²) >= 11 is 5.55. The summed E-state index contributed by atoms with van der Waals surface area (Å²) in [5.41, 5.74) is 0. The van der Waals surface area contributed by atoms with Crippen LogP contribution in [0.4, 0.5) is 0 Å². The summed E-state index contributed by atoms with van der Waals surface area (Å²) in [5.74, 6) is 2.68. The number of hydrogen-bond donors (Lipinski definition) is 0. The third kappa shape index (κ3) is 1.16. The van der Waals surface area contributed by atoms with Crippen LogP contribution in [0.15, 0.2) is 0 Å². The number of alkyl halides is 1. The Hall–Kier alpha value is 0.830. The summed E-state index contributed by atoms with van der Waals surface area (Å²) in [7, 11) is 0. The molecule has 0 bridgehead atoms. The number of rotatable bonds is 0. The first-order valence-corrected chi connectivity index (χ1v) is 4.18. The predicted molar refractivity (Wildman–Crippen MR) is 34.7 cm³/mol. The van der Waals surface area contributed by atoms with Crippen LogP contribution in [0.3, 0.4) is 0 Å². The van der Waals surface area contributed by atoms with Gasteiger partial charge in [-0.15, -0.1) is 0 Å². The second kappa shape index (κ2) is 2.22. The van der Waals surface area contributed by atoms with Gasteiger partial charge < -0.3 is 0 Å². The zero-order chi connectivity index (χ0) is 4.41. The number of hydrogen-bond acceptors (Lipinski definition) is 1. The Morgan fingerprint density at radius 2 is 2.50 bits per heavy atom. The minimum Gasteiger partial charge on any atom is -0.161 e. The fraction of sp³-hybridized carbons (Fsp3) is 1.00. The van der Waals surface area contributed by atoms with E-state index in [1.165, 1.54) is 17.9 Å². The molecule has 1 aliphatic rings. The van der Waals surface area contributed by atoms with E-state index in [-0.39, 0.29) is 0 Å². The Labute approximate surface area is 50.8 Å². The van der Waals surface area contributed by atoms with Crippen molar-refractivity contribution in [2.45, 2.75) is 11.2 Å². The van der Waals surface area contributed by atoms with Crippen molar-refractivity contribution < 1.29 is 0 Å². The average Bonchev–Trinajstić information content (AvgIpc) is 1.86. The van der Waals surface area contributed by atoms with Crippen LogP contribution in [-0.2, 0) is 0 Å². The van der Waals surface area contributed by atoms with E-state index in [0.29, 0.717) is 0 Å². The van der Waals surface area contributed by atoms with Crippen molar-refractivity contribution in [3.05, 3.63) is 0 Å². The van der Waals surface area contributed by atoms with Gasteiger partial charge in [-0.1, -0.05) is 15.9 Å². The summed E-state index contributed by atoms with van der Waals surface area (Å²) in [4.78, 5) is 0.822. The molecule has 0 aromatic heterocycles. The summed E-state index contributed by atoms with van der Waals surface area (Å²) in [5, 5.41) is 0. The van der Waals surface area contributed by atoms with Crippen LogP contribution >= 0.6 is 27.7 Å². The lowest BCUT2D eigenvalue weighted by Crippen LogP contribution is -1.89. The Kier molecular flexibility index (Phi) is 1.84. The second-order valence-electron chi connectivity index (χ2n) is 1.46. The minimum atomic E-state index is 0.822. The van der Waals surface area contributed by atoms with Crippen LogP contribution in [-0.4, -0.2) is 16.3 Å². The molecule has 1 fully saturated rings. The third-order valence-corrected chi connectivity index (χ3v) is 3.25. The molecular formula is C4H7BrS. The Morgan fingerprint density at radius 3 is 2.67 bits per heavy atom. The second-order valence-corrected chi connectivity index (χ2v) is 3.91. The lowest BCUT2D eigenvalue weighted by Gasteiger charge is -1.87. The highest BCUT2D eigenvalue weighted by Gasteiger charge is 2.09. The fourth-order valence-electron chi connectivity index (χ4n) is 0.506. The molecule has 0 saturated carbocycles. The molecule has 0 aliphatic carbocycles. The predicted octanol–water partition coefficient (Wildman–Crippen LogP) is 1.89. The van der Waals surface area contributed by atoms with Crippen molar-refractivity contribution in [3.63, 3.8) is 0 Å². The number of thioether (sulfide) groups is 1. The highest BCUT2D eigenvalue weighted by Crippen LogP contribution is 2.22. The van der Waals surface area contributed by atoms with Crippen LogP contribution < -0.4 is 0 Å². The maximum absolute atomic E-state index is 3.52. The molecule has 0 N–H and O–H groups in total. The van der Waals surface area contributed by atoms with Crippen LogP contribution in [0, 0.1) is 0 Å². The molecule has 0 aromatic rings. The van der Waals surface area contributed by atoms with E-state index in [9.17, 15) is 0 Å². The molecule has 1 aliphatic heterocycles. The van der Waals surface area contributed by atoms with Gasteiger partial charge in [-0.25, -0.2) is 0 Å². The first-order chi connectivity index (χ1) is 2.89. The van der Waals surface area contributed by atoms with Crippen LogP contribution in [0.25, 0.3) is 0 Å². The maximum atomic E-state index is 3.52. The van der Waals surface area contributed by atoms with E-state index in [1.807, 2.05) is 11.8 Å². The van der Waals surface area contributed by atoms with Gasteiger partial charge in [0.2, 0.25) is 0 Å². The molecule has 1 atom stereocenters. The van der Waals surface area contributed by atoms with Gasteiger partial charge in [0.15, 0.2) is 0 Å². The molecule has 36 valence electrons. The molecular weight excluding hydrogens is 160 g/mol. The van der Waals surface area contributed by atoms with Crippen molar-refractivity contribution in [1.29, 1.82) is 0 Å². The lowest BCUT2D eigenvalue weighted by molar-refractivity contribution is 0.987. The third-order valence-electron chi connectivity index (χ3n) is 0.874. The van der Waals surface area contributed by atoms with Gasteiger partial charge in [-0.2, -0.15) is 11.8 Å². The van der Waals surface area contributed by atoms with Gasteiger partial charge in [-0.3, -0.25) is 0 Å². The highest BCUT2D eigenvalue weighted by molar-refractivity contribution is 9.09. The SMILES string of the molecule is Br[C@H]1CCSC1. The van der Waals surface area contributed by atoms with Gasteiger partial charge in [0.1, 0.15) is 0 Å². The zero-order valence-corrected chi connectivity index (χ0v) is 5.89. The Balaban J connectivity index is 2.18. The standard InChI is InChI=1S/C4H7BrS/c5-4-1-2-6-3-4/h4H,1-3H2/t4-/m0/s1. The summed E-state index contributed by atoms with van der Waals surface area (Å²) < 4.78 is 0. The minimum absolute atomic E-state index is 0.822. The van der Waals surface area contributed by atoms with Gasteiger partial charge in [0.25, 0.3) is 0 Å². The Morgan fingerprint density at radius 1 is 1.67 bits per heavy atom. The quantitative estimate of drug-likeness (QED) is 0.496. The molecule has 6 heavy (non-hydrogen) atoms. The van der Waals surface area contributed by atoms with Crippen molar-refractivity contribution in [3.8, 4) is 0 Å². The van der Waals surface area contributed by atoms with Crippen LogP contribution in [0.1, 0.15) is 6.42 Å². The first-order valence-electron chi connectivity index (χ1n) is 2.11. The molecule has 2 heteroatoms. The van der Waals surface area contributed by atoms with Crippen molar-refractivity contribution >= 4 is 27.7 Å². The normalized spacial score (nSPS) is 34.5. The van der Waals surface area contributed by atoms with Gasteiger partial charge in [0, 0.05) is 10.6 Å². The molecule has 0 aromatic carbocycles. The highest BCUT2D eigenvalue weighted by atomic mass is 79.9. The van der Waals surface area contributed by atoms with Gasteiger partial charge >= 0.3 is 0 Å². The molecule has 0 radical (unpaired) electrons. The van der Waals surface area contributed by atoms with Crippen LogP contribution in [0.5, 0.6) is 0 Å². The van der Waals surface area contributed by atoms with Crippen molar-refractivity contribution in [2.75, 3.05) is 11.5 Å². The van der Waals surface area contributed by atoms with E-state index < -0.39 is 0 Å². The molecule has 0 nitrogen and oxygen atoms in total. The van der Waals surface area contributed by atoms with E-state index in [1.54, 1.807) is 0 Å². The monoisotopic (exact) mass is 166 g/mol. The Bertz CT molecular complexity index is 40.8. The van der Waals surface area contributed by atoms with Crippen molar-refractivity contribution in [2.24, 2.45) is 0 Å². The van der Waals surface area contributed by atoms with Gasteiger partial charge in [0.05, 0.1) is 0 Å². The average molecular weight is 167 g/mol. The van der Waals surface area contributed by atoms with Crippen LogP contribution in [0.2, 0.25) is 0 Å². The van der Waals surface area contributed by atoms with E-state index in [0.717, 1.165) is 4.83 Å². The van der Waals surface area contributed by atoms with Gasteiger partial charge in [-0.05, 0) is 12.2 Å². The largest absolute Gasteiger partial charge is 0.161 e. The molecule has 0 unspecified atom stereocenters. The molecule has 1 heterocycles. The number of halogens is 1. The zero-order valence-electron chi connectivity index (χ0n) is 3.48. The van der Waals surface area contributed by atoms with E-state index in [2.05, 4.69) is 15.9 Å². The van der Waals surface area contributed by atoms with E-state index >= 15 is 0 Å². The topological polar surface area (TPSA) is 0 Å². The smallest absolute Gasteiger partial charge is 0.0244 e. The van der Waals surface area contributed by atoms with E-state index in [4.69, 9.17) is 0 Å². The summed E-state index contributed by atoms with van der Waals surface area (Å²) in [6, 6.07) is 0. The maximum Gasteiger partial charge on any atom is 0.0244 e. The molecule has 1 saturated heterocycles. The molecule has 1 rings (SSSR count). The first kappa shape index (κ1) is 4.98. The molecule has 0 amide bonds. The summed E-state index contributed by atoms with van der Waals surface area (Å²) in [6.45, 7) is 0. The fourth-order valence-corrected chi connectivity index (χ4v) is 2.64. The lowest BCUT2D eigenvalue weighted by atomic mass is 10.4.